The second-order valence-corrected chi connectivity index (χ2v) is 6.21. The van der Waals surface area contributed by atoms with Gasteiger partial charge >= 0.3 is 11.9 Å². The number of carbonyl (C=O) groups excluding carboxylic acids is 2. The Balaban J connectivity index is 0.00000326. The number of carboxylic acid groups (broad SMARTS) is 2. The first-order valence-corrected chi connectivity index (χ1v) is 9.10. The fourth-order valence-corrected chi connectivity index (χ4v) is 2.84. The molecule has 0 radical (unpaired) electrons. The lowest BCUT2D eigenvalue weighted by molar-refractivity contribution is -0.145. The van der Waals surface area contributed by atoms with Crippen molar-refractivity contribution in [2.24, 2.45) is 5.73 Å². The van der Waals surface area contributed by atoms with E-state index in [4.69, 9.17) is 10.8 Å². The predicted octanol–water partition coefficient (Wildman–Crippen LogP) is -1.07. The molecule has 1 aliphatic heterocycles. The summed E-state index contributed by atoms with van der Waals surface area (Å²) in [4.78, 5) is 50.2. The van der Waals surface area contributed by atoms with Crippen LogP contribution in [0.15, 0.2) is 0 Å². The number of ketones is 1. The van der Waals surface area contributed by atoms with E-state index in [1.165, 1.54) is 6.92 Å². The summed E-state index contributed by atoms with van der Waals surface area (Å²) in [6.07, 6.45) is -0.121. The van der Waals surface area contributed by atoms with Crippen molar-refractivity contribution >= 4 is 23.6 Å². The van der Waals surface area contributed by atoms with Gasteiger partial charge in [-0.2, -0.15) is 0 Å². The molecule has 1 rings (SSSR count). The van der Waals surface area contributed by atoms with Crippen molar-refractivity contribution in [1.29, 1.82) is 0 Å². The number of nitrogens with two attached hydrogens (primary N) is 1. The lowest BCUT2D eigenvalue weighted by Gasteiger charge is -2.30. The van der Waals surface area contributed by atoms with Crippen LogP contribution in [0, 0.1) is 0 Å². The molecule has 0 saturated carbocycles. The van der Waals surface area contributed by atoms with Crippen molar-refractivity contribution in [3.05, 3.63) is 0 Å². The number of rotatable bonds is 8. The van der Waals surface area contributed by atoms with E-state index in [2.05, 4.69) is 0 Å². The summed E-state index contributed by atoms with van der Waals surface area (Å²) in [6.45, 7) is 7.49. The second kappa shape index (κ2) is 13.2. The van der Waals surface area contributed by atoms with Crippen molar-refractivity contribution < 1.29 is 29.4 Å². The van der Waals surface area contributed by atoms with Crippen LogP contribution in [0.3, 0.4) is 0 Å². The summed E-state index contributed by atoms with van der Waals surface area (Å²) in [7, 11) is 0. The SMILES string of the molecule is CC.CC(=O)CC(C(=O)O)N1CCN(CC(N)=O)CCN(CC(=O)O)CC1. The molecule has 156 valence electrons. The molecule has 1 fully saturated rings. The molecule has 10 nitrogen and oxygen atoms in total. The van der Waals surface area contributed by atoms with Crippen LogP contribution in [0.2, 0.25) is 0 Å². The Labute approximate surface area is 159 Å². The monoisotopic (exact) mass is 388 g/mol. The van der Waals surface area contributed by atoms with Crippen molar-refractivity contribution in [2.75, 3.05) is 52.4 Å². The smallest absolute Gasteiger partial charge is 0.321 e. The highest BCUT2D eigenvalue weighted by Gasteiger charge is 2.29. The van der Waals surface area contributed by atoms with Gasteiger partial charge in [0.2, 0.25) is 5.91 Å². The normalized spacial score (nSPS) is 18.2. The molecule has 0 aromatic heterocycles. The Bertz CT molecular complexity index is 486. The number of primary amides is 1. The molecule has 10 heteroatoms. The Kier molecular flexibility index (Phi) is 12.2. The predicted molar refractivity (Wildman–Crippen MR) is 99.4 cm³/mol. The van der Waals surface area contributed by atoms with Gasteiger partial charge in [-0.15, -0.1) is 0 Å². The molecule has 1 heterocycles. The summed E-state index contributed by atoms with van der Waals surface area (Å²) in [5, 5.41) is 18.5. The number of nitrogens with zero attached hydrogens (tertiary/aromatic N) is 3. The average molecular weight is 388 g/mol. The molecule has 0 aliphatic carbocycles. The van der Waals surface area contributed by atoms with Crippen LogP contribution in [0.1, 0.15) is 27.2 Å². The number of amides is 1. The summed E-state index contributed by atoms with van der Waals surface area (Å²) in [5.74, 6) is -2.82. The summed E-state index contributed by atoms with van der Waals surface area (Å²) < 4.78 is 0. The first-order valence-electron chi connectivity index (χ1n) is 9.10. The van der Waals surface area contributed by atoms with Crippen LogP contribution in [-0.2, 0) is 19.2 Å². The van der Waals surface area contributed by atoms with E-state index in [0.29, 0.717) is 39.3 Å². The number of aliphatic carboxylic acids is 2. The number of hydrogen-bond donors (Lipinski definition) is 3. The second-order valence-electron chi connectivity index (χ2n) is 6.21. The van der Waals surface area contributed by atoms with Gasteiger partial charge in [0.05, 0.1) is 13.1 Å². The largest absolute Gasteiger partial charge is 0.480 e. The van der Waals surface area contributed by atoms with Crippen LogP contribution < -0.4 is 5.73 Å². The molecule has 0 spiro atoms. The molecule has 0 aromatic carbocycles. The van der Waals surface area contributed by atoms with Gasteiger partial charge in [-0.3, -0.25) is 33.9 Å². The Morgan fingerprint density at radius 3 is 1.70 bits per heavy atom. The molecule has 0 aromatic rings. The number of carboxylic acids is 2. The molecule has 4 N–H and O–H groups in total. The van der Waals surface area contributed by atoms with E-state index < -0.39 is 23.9 Å². The zero-order valence-corrected chi connectivity index (χ0v) is 16.4. The van der Waals surface area contributed by atoms with Crippen LogP contribution in [0.25, 0.3) is 0 Å². The van der Waals surface area contributed by atoms with E-state index in [9.17, 15) is 24.3 Å². The van der Waals surface area contributed by atoms with Gasteiger partial charge in [-0.1, -0.05) is 13.8 Å². The van der Waals surface area contributed by atoms with E-state index in [-0.39, 0.29) is 25.3 Å². The molecule has 27 heavy (non-hydrogen) atoms. The maximum absolute atomic E-state index is 11.5. The minimum absolute atomic E-state index is 0.0131. The molecule has 1 amide bonds. The Morgan fingerprint density at radius 1 is 0.889 bits per heavy atom. The van der Waals surface area contributed by atoms with Gasteiger partial charge in [0, 0.05) is 45.7 Å². The minimum Gasteiger partial charge on any atom is -0.480 e. The van der Waals surface area contributed by atoms with Crippen LogP contribution in [0.4, 0.5) is 0 Å². The van der Waals surface area contributed by atoms with Crippen molar-refractivity contribution in [3.63, 3.8) is 0 Å². The van der Waals surface area contributed by atoms with Crippen LogP contribution in [0.5, 0.6) is 0 Å². The molecular weight excluding hydrogens is 356 g/mol. The van der Waals surface area contributed by atoms with Gasteiger partial charge in [0.15, 0.2) is 0 Å². The van der Waals surface area contributed by atoms with Crippen LogP contribution in [-0.4, -0.2) is 107 Å². The number of carbonyl (C=O) groups is 4. The fraction of sp³-hybridized carbons (Fsp3) is 0.765. The topological polar surface area (TPSA) is 144 Å². The van der Waals surface area contributed by atoms with E-state index in [1.54, 1.807) is 14.7 Å². The first kappa shape index (κ1) is 25.0. The molecule has 1 unspecified atom stereocenters. The van der Waals surface area contributed by atoms with E-state index in [1.807, 2.05) is 13.8 Å². The highest BCUT2D eigenvalue weighted by atomic mass is 16.4. The van der Waals surface area contributed by atoms with Crippen molar-refractivity contribution in [2.45, 2.75) is 33.2 Å². The highest BCUT2D eigenvalue weighted by molar-refractivity contribution is 5.84. The number of Topliss-reactive ketones (excluding diaryl/α,β-unsaturated/α-hetero) is 1. The van der Waals surface area contributed by atoms with Crippen molar-refractivity contribution in [3.8, 4) is 0 Å². The average Bonchev–Trinajstić information content (AvgIpc) is 2.65. The summed E-state index contributed by atoms with van der Waals surface area (Å²) >= 11 is 0. The Morgan fingerprint density at radius 2 is 1.33 bits per heavy atom. The van der Waals surface area contributed by atoms with Gasteiger partial charge < -0.3 is 15.9 Å². The standard InChI is InChI=1S/C15H26N4O6.C2H6/c1-11(20)8-12(15(24)25)19-6-4-17(9-13(16)21)2-3-18(5-7-19)10-14(22)23;1-2/h12H,2-10H2,1H3,(H2,16,21)(H,22,23)(H,24,25);1-2H3. The third-order valence-corrected chi connectivity index (χ3v) is 4.08. The Hall–Kier alpha value is -2.04. The lowest BCUT2D eigenvalue weighted by Crippen LogP contribution is -2.48. The highest BCUT2D eigenvalue weighted by Crippen LogP contribution is 2.09. The molecule has 1 atom stereocenters. The number of hydrogen-bond acceptors (Lipinski definition) is 7. The van der Waals surface area contributed by atoms with Gasteiger partial charge in [0.25, 0.3) is 0 Å². The minimum atomic E-state index is -1.10. The lowest BCUT2D eigenvalue weighted by atomic mass is 10.1. The van der Waals surface area contributed by atoms with Crippen molar-refractivity contribution in [1.82, 2.24) is 14.7 Å². The fourth-order valence-electron chi connectivity index (χ4n) is 2.84. The third-order valence-electron chi connectivity index (χ3n) is 4.08. The zero-order chi connectivity index (χ0) is 21.0. The zero-order valence-electron chi connectivity index (χ0n) is 16.4. The molecule has 1 aliphatic rings. The van der Waals surface area contributed by atoms with Gasteiger partial charge in [0.1, 0.15) is 11.8 Å². The van der Waals surface area contributed by atoms with Gasteiger partial charge in [-0.25, -0.2) is 0 Å². The van der Waals surface area contributed by atoms with E-state index in [0.717, 1.165) is 0 Å². The summed E-state index contributed by atoms with van der Waals surface area (Å²) in [5.41, 5.74) is 5.24. The quantitative estimate of drug-likeness (QED) is 0.473. The molecular formula is C17H32N4O6. The van der Waals surface area contributed by atoms with Gasteiger partial charge in [-0.05, 0) is 6.92 Å². The van der Waals surface area contributed by atoms with Crippen LogP contribution >= 0.6 is 0 Å². The first-order chi connectivity index (χ1) is 12.7. The maximum atomic E-state index is 11.5. The van der Waals surface area contributed by atoms with E-state index >= 15 is 0 Å². The summed E-state index contributed by atoms with van der Waals surface area (Å²) in [6, 6.07) is -0.974. The maximum Gasteiger partial charge on any atom is 0.321 e. The molecule has 0 bridgehead atoms. The third kappa shape index (κ3) is 10.6. The molecule has 1 saturated heterocycles.